The molecule has 0 amide bonds. The Hall–Kier alpha value is -6.22. The van der Waals surface area contributed by atoms with Crippen LogP contribution in [0.1, 0.15) is 61.8 Å². The molecule has 2 N–H and O–H groups in total. The number of nitrogens with zero attached hydrogens (tertiary/aromatic N) is 4. The van der Waals surface area contributed by atoms with Crippen molar-refractivity contribution in [3.8, 4) is 35.8 Å². The van der Waals surface area contributed by atoms with E-state index < -0.39 is 11.8 Å². The molecule has 0 unspecified atom stereocenters. The van der Waals surface area contributed by atoms with E-state index in [0.717, 1.165) is 22.3 Å². The second kappa shape index (κ2) is 13.6. The molecule has 0 aromatic heterocycles. The van der Waals surface area contributed by atoms with Crippen LogP contribution in [0.25, 0.3) is 0 Å². The van der Waals surface area contributed by atoms with Crippen LogP contribution in [0.3, 0.4) is 0 Å². The first kappa shape index (κ1) is 31.2. The van der Waals surface area contributed by atoms with Gasteiger partial charge in [-0.05, 0) is 51.0 Å². The first-order valence-corrected chi connectivity index (χ1v) is 14.8. The van der Waals surface area contributed by atoms with Crippen LogP contribution in [0.2, 0.25) is 0 Å². The lowest BCUT2D eigenvalue weighted by atomic mass is 9.81. The topological polar surface area (TPSA) is 138 Å². The molecule has 0 fully saturated rings. The maximum Gasteiger partial charge on any atom is 0.124 e. The summed E-state index contributed by atoms with van der Waals surface area (Å²) in [6, 6.07) is 32.0. The van der Waals surface area contributed by atoms with E-state index in [4.69, 9.17) is 9.47 Å². The molecule has 0 atom stereocenters. The molecule has 8 nitrogen and oxygen atoms in total. The maximum atomic E-state index is 9.99. The van der Waals surface area contributed by atoms with Gasteiger partial charge in [-0.2, -0.15) is 21.0 Å². The fourth-order valence-corrected chi connectivity index (χ4v) is 6.05. The molecule has 8 heteroatoms. The highest BCUT2D eigenvalue weighted by atomic mass is 16.5. The molecule has 5 rings (SSSR count). The highest BCUT2D eigenvalue weighted by Gasteiger charge is 2.32. The van der Waals surface area contributed by atoms with Crippen LogP contribution in [0.4, 0.5) is 0 Å². The van der Waals surface area contributed by atoms with Gasteiger partial charge in [-0.25, -0.2) is 0 Å². The lowest BCUT2D eigenvalue weighted by Crippen LogP contribution is -2.23. The summed E-state index contributed by atoms with van der Waals surface area (Å²) in [7, 11) is 0. The monoisotopic (exact) mass is 604 g/mol. The van der Waals surface area contributed by atoms with Crippen molar-refractivity contribution in [2.45, 2.75) is 52.7 Å². The minimum Gasteiger partial charge on any atom is -0.489 e. The fourth-order valence-electron chi connectivity index (χ4n) is 6.05. The quantitative estimate of drug-likeness (QED) is 0.271. The molecule has 0 bridgehead atoms. The van der Waals surface area contributed by atoms with Crippen LogP contribution >= 0.6 is 0 Å². The SMILES string of the molecule is CC1=C(C#N)C(c2ccccc2OCc2ccccc2COc2ccccc2C2C(C#N)=C(C)NC(C)=C2C#N)C(C#N)=C(C)N1. The second-order valence-corrected chi connectivity index (χ2v) is 11.1. The van der Waals surface area contributed by atoms with Gasteiger partial charge in [0, 0.05) is 33.9 Å². The summed E-state index contributed by atoms with van der Waals surface area (Å²) in [5.41, 5.74) is 8.08. The van der Waals surface area contributed by atoms with Crippen LogP contribution in [0.15, 0.2) is 118 Å². The predicted molar refractivity (Wildman–Crippen MR) is 173 cm³/mol. The number of nitriles is 4. The van der Waals surface area contributed by atoms with Gasteiger partial charge in [0.25, 0.3) is 0 Å². The summed E-state index contributed by atoms with van der Waals surface area (Å²) in [6.07, 6.45) is 0. The van der Waals surface area contributed by atoms with E-state index >= 15 is 0 Å². The van der Waals surface area contributed by atoms with Crippen LogP contribution in [-0.4, -0.2) is 0 Å². The summed E-state index contributed by atoms with van der Waals surface area (Å²) in [4.78, 5) is 0. The summed E-state index contributed by atoms with van der Waals surface area (Å²) in [5.74, 6) is 0.0914. The number of para-hydroxylation sites is 2. The summed E-state index contributed by atoms with van der Waals surface area (Å²) in [6.45, 7) is 7.81. The van der Waals surface area contributed by atoms with E-state index in [-0.39, 0.29) is 13.2 Å². The van der Waals surface area contributed by atoms with Crippen molar-refractivity contribution in [3.63, 3.8) is 0 Å². The third-order valence-electron chi connectivity index (χ3n) is 8.35. The Bertz CT molecular complexity index is 1790. The Labute approximate surface area is 269 Å². The summed E-state index contributed by atoms with van der Waals surface area (Å²) < 4.78 is 12.8. The van der Waals surface area contributed by atoms with Crippen LogP contribution < -0.4 is 20.1 Å². The van der Waals surface area contributed by atoms with Gasteiger partial charge in [0.15, 0.2) is 0 Å². The lowest BCUT2D eigenvalue weighted by molar-refractivity contribution is 0.282. The largest absolute Gasteiger partial charge is 0.489 e. The Morgan fingerprint density at radius 2 is 0.804 bits per heavy atom. The Balaban J connectivity index is 1.41. The lowest BCUT2D eigenvalue weighted by Gasteiger charge is -2.27. The number of hydrogen-bond acceptors (Lipinski definition) is 8. The molecule has 0 radical (unpaired) electrons. The molecule has 0 aliphatic carbocycles. The maximum absolute atomic E-state index is 9.99. The molecular weight excluding hydrogens is 572 g/mol. The first-order chi connectivity index (χ1) is 22.3. The molecule has 2 aliphatic rings. The first-order valence-electron chi connectivity index (χ1n) is 14.8. The number of hydrogen-bond donors (Lipinski definition) is 2. The molecule has 46 heavy (non-hydrogen) atoms. The summed E-state index contributed by atoms with van der Waals surface area (Å²) in [5, 5.41) is 46.3. The zero-order valence-corrected chi connectivity index (χ0v) is 26.1. The van der Waals surface area contributed by atoms with Crippen molar-refractivity contribution in [2.24, 2.45) is 0 Å². The molecular formula is C38H32N6O2. The van der Waals surface area contributed by atoms with Gasteiger partial charge in [-0.3, -0.25) is 0 Å². The Morgan fingerprint density at radius 1 is 0.500 bits per heavy atom. The van der Waals surface area contributed by atoms with E-state index in [1.165, 1.54) is 0 Å². The zero-order chi connectivity index (χ0) is 32.8. The second-order valence-electron chi connectivity index (χ2n) is 11.1. The minimum absolute atomic E-state index is 0.230. The number of dihydropyridines is 2. The van der Waals surface area contributed by atoms with Crippen molar-refractivity contribution >= 4 is 0 Å². The molecule has 3 aromatic carbocycles. The molecule has 226 valence electrons. The van der Waals surface area contributed by atoms with Crippen molar-refractivity contribution in [3.05, 3.63) is 140 Å². The Kier molecular flexibility index (Phi) is 9.23. The minimum atomic E-state index is -0.538. The number of ether oxygens (including phenoxy) is 2. The van der Waals surface area contributed by atoms with Crippen LogP contribution in [0, 0.1) is 45.3 Å². The fraction of sp³-hybridized carbons (Fsp3) is 0.211. The van der Waals surface area contributed by atoms with Crippen molar-refractivity contribution < 1.29 is 9.47 Å². The van der Waals surface area contributed by atoms with E-state index in [1.807, 2.05) is 100 Å². The van der Waals surface area contributed by atoms with Gasteiger partial charge in [0.2, 0.25) is 0 Å². The van der Waals surface area contributed by atoms with Crippen molar-refractivity contribution in [1.82, 2.24) is 10.6 Å². The number of nitrogens with one attached hydrogen (secondary N) is 2. The molecule has 0 saturated carbocycles. The van der Waals surface area contributed by atoms with Gasteiger partial charge in [0.05, 0.1) is 58.4 Å². The molecule has 2 heterocycles. The highest BCUT2D eigenvalue weighted by molar-refractivity contribution is 5.59. The molecule has 0 saturated heterocycles. The third-order valence-corrected chi connectivity index (χ3v) is 8.35. The van der Waals surface area contributed by atoms with E-state index in [1.54, 1.807) is 0 Å². The Morgan fingerprint density at radius 3 is 1.13 bits per heavy atom. The molecule has 2 aliphatic heterocycles. The van der Waals surface area contributed by atoms with E-state index in [0.29, 0.717) is 56.6 Å². The average Bonchev–Trinajstić information content (AvgIpc) is 3.06. The standard InChI is InChI=1S/C38H32N6O2/c1-23-31(17-39)37(32(18-40)24(2)43-23)29-13-7-9-15-35(29)45-21-27-11-5-6-12-28(27)22-46-36-16-10-8-14-30(36)38-33(19-41)25(3)44-26(4)34(38)20-42/h5-16,37-38,43-44H,21-22H2,1-4H3. The van der Waals surface area contributed by atoms with Crippen molar-refractivity contribution in [2.75, 3.05) is 0 Å². The van der Waals surface area contributed by atoms with Gasteiger partial charge in [-0.1, -0.05) is 60.7 Å². The molecule has 0 spiro atoms. The molecule has 3 aromatic rings. The number of benzene rings is 3. The number of rotatable bonds is 8. The smallest absolute Gasteiger partial charge is 0.124 e. The zero-order valence-electron chi connectivity index (χ0n) is 26.1. The van der Waals surface area contributed by atoms with Gasteiger partial charge in [-0.15, -0.1) is 0 Å². The summed E-state index contributed by atoms with van der Waals surface area (Å²) >= 11 is 0. The van der Waals surface area contributed by atoms with Crippen LogP contribution in [-0.2, 0) is 13.2 Å². The van der Waals surface area contributed by atoms with Gasteiger partial charge >= 0.3 is 0 Å². The average molecular weight is 605 g/mol. The highest BCUT2D eigenvalue weighted by Crippen LogP contribution is 2.43. The normalized spacial score (nSPS) is 15.3. The van der Waals surface area contributed by atoms with Gasteiger partial charge < -0.3 is 20.1 Å². The third kappa shape index (κ3) is 5.94. The van der Waals surface area contributed by atoms with Gasteiger partial charge in [0.1, 0.15) is 24.7 Å². The number of allylic oxidation sites excluding steroid dienone is 8. The predicted octanol–water partition coefficient (Wildman–Crippen LogP) is 7.41. The van der Waals surface area contributed by atoms with E-state index in [2.05, 4.69) is 34.9 Å². The van der Waals surface area contributed by atoms with Crippen molar-refractivity contribution in [1.29, 1.82) is 21.0 Å². The van der Waals surface area contributed by atoms with E-state index in [9.17, 15) is 21.0 Å². The van der Waals surface area contributed by atoms with Crippen LogP contribution in [0.5, 0.6) is 11.5 Å².